The van der Waals surface area contributed by atoms with Gasteiger partial charge in [-0.25, -0.2) is 0 Å². The van der Waals surface area contributed by atoms with Crippen molar-refractivity contribution in [1.29, 1.82) is 0 Å². The number of unbranched alkanes of at least 4 members (excludes halogenated alkanes) is 15. The molecule has 0 bridgehead atoms. The van der Waals surface area contributed by atoms with Crippen LogP contribution in [0, 0.1) is 0 Å². The molecule has 236 valence electrons. The van der Waals surface area contributed by atoms with Crippen LogP contribution in [0.25, 0.3) is 0 Å². The van der Waals surface area contributed by atoms with E-state index in [0.717, 1.165) is 18.3 Å². The van der Waals surface area contributed by atoms with Crippen LogP contribution >= 0.6 is 0 Å². The van der Waals surface area contributed by atoms with Crippen LogP contribution < -0.4 is 10.6 Å². The highest BCUT2D eigenvalue weighted by atomic mass is 16.3. The van der Waals surface area contributed by atoms with Gasteiger partial charge in [0.25, 0.3) is 5.91 Å². The van der Waals surface area contributed by atoms with Gasteiger partial charge < -0.3 is 26.0 Å². The molecule has 43 heavy (non-hydrogen) atoms. The molecule has 0 aliphatic heterocycles. The van der Waals surface area contributed by atoms with Crippen LogP contribution in [0.3, 0.4) is 0 Å². The Morgan fingerprint density at radius 3 is 1.56 bits per heavy atom. The minimum atomic E-state index is -0.422. The normalized spacial score (nSPS) is 10.5. The maximum Gasteiger partial charge on any atom is 0.259 e. The van der Waals surface area contributed by atoms with Gasteiger partial charge >= 0.3 is 0 Å². The van der Waals surface area contributed by atoms with E-state index in [2.05, 4.69) is 17.6 Å². The van der Waals surface area contributed by atoms with E-state index in [9.17, 15) is 15.0 Å². The molecule has 6 heteroatoms. The van der Waals surface area contributed by atoms with Gasteiger partial charge in [-0.3, -0.25) is 4.79 Å². The molecule has 0 fully saturated rings. The highest BCUT2D eigenvalue weighted by Gasteiger charge is 2.11. The number of hydrogen-bond acceptors (Lipinski definition) is 5. The Morgan fingerprint density at radius 1 is 0.558 bits per heavy atom. The van der Waals surface area contributed by atoms with Crippen molar-refractivity contribution in [2.45, 2.75) is 110 Å². The Bertz CT molecular complexity index is 1120. The molecule has 0 radical (unpaired) electrons. The molecule has 0 saturated heterocycles. The number of rotatable bonds is 20. The number of aromatic hydroxyl groups is 3. The zero-order valence-electron chi connectivity index (χ0n) is 26.2. The highest BCUT2D eigenvalue weighted by Crippen LogP contribution is 2.23. The van der Waals surface area contributed by atoms with Crippen molar-refractivity contribution in [2.24, 2.45) is 0 Å². The number of carbonyl (C=O) groups excluding carboxylic acids is 1. The van der Waals surface area contributed by atoms with E-state index in [4.69, 9.17) is 5.11 Å². The Morgan fingerprint density at radius 2 is 1.05 bits per heavy atom. The van der Waals surface area contributed by atoms with Crippen molar-refractivity contribution >= 4 is 17.3 Å². The van der Waals surface area contributed by atoms with Gasteiger partial charge in [-0.1, -0.05) is 121 Å². The largest absolute Gasteiger partial charge is 0.508 e. The zero-order valence-corrected chi connectivity index (χ0v) is 26.2. The molecule has 0 aliphatic rings. The summed E-state index contributed by atoms with van der Waals surface area (Å²) in [6.07, 6.45) is 22.6. The third-order valence-corrected chi connectivity index (χ3v) is 7.48. The van der Waals surface area contributed by atoms with Gasteiger partial charge in [0, 0.05) is 24.0 Å². The number of carbonyl (C=O) groups is 1. The number of amides is 1. The summed E-state index contributed by atoms with van der Waals surface area (Å²) in [6, 6.07) is 20.1. The van der Waals surface area contributed by atoms with E-state index < -0.39 is 5.91 Å². The van der Waals surface area contributed by atoms with E-state index in [1.807, 2.05) is 18.2 Å². The molecular formula is C37H54N2O4. The first-order valence-corrected chi connectivity index (χ1v) is 16.4. The first kappa shape index (κ1) is 35.5. The number of benzene rings is 3. The van der Waals surface area contributed by atoms with Gasteiger partial charge in [0.05, 0.1) is 5.56 Å². The molecule has 3 aromatic carbocycles. The van der Waals surface area contributed by atoms with Crippen molar-refractivity contribution in [1.82, 2.24) is 0 Å². The van der Waals surface area contributed by atoms with E-state index in [-0.39, 0.29) is 17.1 Å². The second kappa shape index (κ2) is 22.9. The molecule has 0 saturated carbocycles. The average Bonchev–Trinajstić information content (AvgIpc) is 3.00. The fourth-order valence-corrected chi connectivity index (χ4v) is 4.92. The second-order valence-electron chi connectivity index (χ2n) is 11.3. The van der Waals surface area contributed by atoms with Gasteiger partial charge in [0.2, 0.25) is 0 Å². The summed E-state index contributed by atoms with van der Waals surface area (Å²) in [5, 5.41) is 33.9. The summed E-state index contributed by atoms with van der Waals surface area (Å²) in [7, 11) is 0. The third-order valence-electron chi connectivity index (χ3n) is 7.48. The molecule has 0 atom stereocenters. The smallest absolute Gasteiger partial charge is 0.259 e. The van der Waals surface area contributed by atoms with Crippen molar-refractivity contribution in [3.8, 4) is 17.2 Å². The van der Waals surface area contributed by atoms with Crippen LogP contribution in [0.1, 0.15) is 120 Å². The summed E-state index contributed by atoms with van der Waals surface area (Å²) in [4.78, 5) is 11.8. The molecule has 3 aromatic rings. The number of nitrogens with one attached hydrogen (secondary N) is 2. The fraction of sp³-hybridized carbons (Fsp3) is 0.486. The van der Waals surface area contributed by atoms with E-state index >= 15 is 0 Å². The Hall–Kier alpha value is -3.67. The molecule has 0 heterocycles. The minimum Gasteiger partial charge on any atom is -0.508 e. The van der Waals surface area contributed by atoms with Gasteiger partial charge in [-0.15, -0.1) is 0 Å². The standard InChI is InChI=1S/C24H43NO.C13H11NO3/c1-2-3-4-5-6-7-8-9-10-11-12-13-14-15-16-17-22-25-23-18-20-24(26)21-19-23;15-10-6-7-11(12(16)8-10)13(17)14-9-4-2-1-3-5-9/h18-21,25-26H,2-17,22H2,1H3;1-8,15-16H,(H,14,17). The number of phenols is 3. The summed E-state index contributed by atoms with van der Waals surface area (Å²) in [5.74, 6) is -0.427. The van der Waals surface area contributed by atoms with E-state index in [1.54, 1.807) is 36.4 Å². The second-order valence-corrected chi connectivity index (χ2v) is 11.3. The predicted molar refractivity (Wildman–Crippen MR) is 180 cm³/mol. The number of para-hydroxylation sites is 1. The molecular weight excluding hydrogens is 536 g/mol. The maximum absolute atomic E-state index is 11.8. The van der Waals surface area contributed by atoms with Crippen LogP contribution in [-0.4, -0.2) is 27.8 Å². The zero-order chi connectivity index (χ0) is 31.0. The lowest BCUT2D eigenvalue weighted by molar-refractivity contribution is 0.102. The molecule has 6 nitrogen and oxygen atoms in total. The topological polar surface area (TPSA) is 102 Å². The van der Waals surface area contributed by atoms with E-state index in [1.165, 1.54) is 115 Å². The number of hydrogen-bond donors (Lipinski definition) is 5. The number of phenolic OH excluding ortho intramolecular Hbond substituents is 3. The van der Waals surface area contributed by atoms with Gasteiger partial charge in [0.15, 0.2) is 0 Å². The van der Waals surface area contributed by atoms with Gasteiger partial charge in [-0.05, 0) is 55.0 Å². The van der Waals surface area contributed by atoms with Crippen LogP contribution in [0.5, 0.6) is 17.2 Å². The first-order chi connectivity index (χ1) is 21.0. The van der Waals surface area contributed by atoms with Crippen LogP contribution in [-0.2, 0) is 0 Å². The summed E-state index contributed by atoms with van der Waals surface area (Å²) in [5.41, 5.74) is 1.86. The quantitative estimate of drug-likeness (QED) is 0.0665. The lowest BCUT2D eigenvalue weighted by atomic mass is 10.0. The Kier molecular flexibility index (Phi) is 18.9. The molecule has 0 unspecified atom stereocenters. The van der Waals surface area contributed by atoms with Crippen molar-refractivity contribution < 1.29 is 20.1 Å². The lowest BCUT2D eigenvalue weighted by Gasteiger charge is -2.06. The molecule has 0 spiro atoms. The van der Waals surface area contributed by atoms with Crippen molar-refractivity contribution in [2.75, 3.05) is 17.2 Å². The van der Waals surface area contributed by atoms with E-state index in [0.29, 0.717) is 11.4 Å². The number of anilines is 2. The molecule has 3 rings (SSSR count). The minimum absolute atomic E-state index is 0.0845. The summed E-state index contributed by atoms with van der Waals surface area (Å²) < 4.78 is 0. The lowest BCUT2D eigenvalue weighted by Crippen LogP contribution is -2.11. The Labute approximate surface area is 259 Å². The molecule has 5 N–H and O–H groups in total. The van der Waals surface area contributed by atoms with Crippen molar-refractivity contribution in [3.63, 3.8) is 0 Å². The summed E-state index contributed by atoms with van der Waals surface area (Å²) in [6.45, 7) is 3.32. The summed E-state index contributed by atoms with van der Waals surface area (Å²) >= 11 is 0. The van der Waals surface area contributed by atoms with Crippen LogP contribution in [0.2, 0.25) is 0 Å². The van der Waals surface area contributed by atoms with Crippen LogP contribution in [0.15, 0.2) is 72.8 Å². The monoisotopic (exact) mass is 590 g/mol. The predicted octanol–water partition coefficient (Wildman–Crippen LogP) is 10.4. The van der Waals surface area contributed by atoms with Gasteiger partial charge in [0.1, 0.15) is 17.2 Å². The van der Waals surface area contributed by atoms with Gasteiger partial charge in [-0.2, -0.15) is 0 Å². The molecule has 0 aliphatic carbocycles. The first-order valence-electron chi connectivity index (χ1n) is 16.4. The third kappa shape index (κ3) is 17.1. The SMILES string of the molecule is CCCCCCCCCCCCCCCCCCNc1ccc(O)cc1.O=C(Nc1ccccc1)c1ccc(O)cc1O. The molecule has 1 amide bonds. The fourth-order valence-electron chi connectivity index (χ4n) is 4.92. The molecule has 0 aromatic heterocycles. The van der Waals surface area contributed by atoms with Crippen LogP contribution in [0.4, 0.5) is 11.4 Å². The highest BCUT2D eigenvalue weighted by molar-refractivity contribution is 6.06. The van der Waals surface area contributed by atoms with Crippen molar-refractivity contribution in [3.05, 3.63) is 78.4 Å². The maximum atomic E-state index is 11.8. The average molecular weight is 591 g/mol. The Balaban J connectivity index is 0.000000326.